The molecule has 0 aliphatic heterocycles. The minimum absolute atomic E-state index is 0.557. The van der Waals surface area contributed by atoms with Gasteiger partial charge in [-0.05, 0) is 40.5 Å². The Bertz CT molecular complexity index is 587. The highest BCUT2D eigenvalue weighted by Crippen LogP contribution is 2.39. The molecule has 0 saturated heterocycles. The van der Waals surface area contributed by atoms with Crippen LogP contribution in [0.15, 0.2) is 54.6 Å². The van der Waals surface area contributed by atoms with E-state index < -0.39 is 6.10 Å². The minimum Gasteiger partial charge on any atom is -0.384 e. The fraction of sp³-hybridized carbons (Fsp3) is 0.0667. The van der Waals surface area contributed by atoms with Gasteiger partial charge >= 0.3 is 0 Å². The number of rotatable bonds is 1. The largest absolute Gasteiger partial charge is 0.384 e. The highest BCUT2D eigenvalue weighted by atomic mass is 35.5. The Morgan fingerprint density at radius 1 is 1.00 bits per heavy atom. The normalized spacial score (nSPS) is 17.8. The van der Waals surface area contributed by atoms with Crippen LogP contribution in [0.1, 0.15) is 22.8 Å². The Hall–Kier alpha value is -1.57. The predicted molar refractivity (Wildman–Crippen MR) is 69.9 cm³/mol. The molecule has 0 saturated carbocycles. The van der Waals surface area contributed by atoms with Crippen molar-refractivity contribution in [2.24, 2.45) is 0 Å². The quantitative estimate of drug-likeness (QED) is 0.806. The summed E-state index contributed by atoms with van der Waals surface area (Å²) < 4.78 is 0. The SMILES string of the molecule is O[C@@H]1C=C(c2ccccc2)c2ccc(Cl)cc21. The van der Waals surface area contributed by atoms with Gasteiger partial charge < -0.3 is 5.11 Å². The first kappa shape index (κ1) is 10.6. The molecule has 17 heavy (non-hydrogen) atoms. The third-order valence-electron chi connectivity index (χ3n) is 3.03. The molecule has 1 atom stereocenters. The highest BCUT2D eigenvalue weighted by molar-refractivity contribution is 6.30. The van der Waals surface area contributed by atoms with Crippen molar-refractivity contribution in [1.82, 2.24) is 0 Å². The lowest BCUT2D eigenvalue weighted by Crippen LogP contribution is -1.90. The van der Waals surface area contributed by atoms with Gasteiger partial charge in [-0.25, -0.2) is 0 Å². The first-order valence-corrected chi connectivity index (χ1v) is 5.88. The number of hydrogen-bond donors (Lipinski definition) is 1. The molecule has 3 rings (SSSR count). The molecular formula is C15H11ClO. The monoisotopic (exact) mass is 242 g/mol. The van der Waals surface area contributed by atoms with E-state index in [4.69, 9.17) is 11.6 Å². The Morgan fingerprint density at radius 3 is 2.53 bits per heavy atom. The van der Waals surface area contributed by atoms with Gasteiger partial charge in [0.05, 0.1) is 6.10 Å². The van der Waals surface area contributed by atoms with E-state index in [0.29, 0.717) is 5.02 Å². The number of aliphatic hydroxyl groups is 1. The van der Waals surface area contributed by atoms with Crippen molar-refractivity contribution in [2.45, 2.75) is 6.10 Å². The maximum absolute atomic E-state index is 10.0. The predicted octanol–water partition coefficient (Wildman–Crippen LogP) is 3.82. The second-order valence-electron chi connectivity index (χ2n) is 4.12. The molecule has 2 aromatic rings. The van der Waals surface area contributed by atoms with Crippen LogP contribution in [0.4, 0.5) is 0 Å². The first-order chi connectivity index (χ1) is 8.25. The van der Waals surface area contributed by atoms with Gasteiger partial charge in [-0.2, -0.15) is 0 Å². The number of benzene rings is 2. The van der Waals surface area contributed by atoms with Crippen LogP contribution < -0.4 is 0 Å². The molecule has 0 amide bonds. The van der Waals surface area contributed by atoms with Gasteiger partial charge in [0.2, 0.25) is 0 Å². The molecule has 1 N–H and O–H groups in total. The van der Waals surface area contributed by atoms with Crippen LogP contribution in [0.5, 0.6) is 0 Å². The van der Waals surface area contributed by atoms with E-state index in [2.05, 4.69) is 0 Å². The van der Waals surface area contributed by atoms with Crippen molar-refractivity contribution in [2.75, 3.05) is 0 Å². The van der Waals surface area contributed by atoms with E-state index in [1.54, 1.807) is 0 Å². The van der Waals surface area contributed by atoms with Crippen molar-refractivity contribution in [3.63, 3.8) is 0 Å². The third kappa shape index (κ3) is 1.78. The lowest BCUT2D eigenvalue weighted by molar-refractivity contribution is 0.232. The molecule has 2 heteroatoms. The second-order valence-corrected chi connectivity index (χ2v) is 4.56. The van der Waals surface area contributed by atoms with Crippen LogP contribution in [-0.2, 0) is 0 Å². The van der Waals surface area contributed by atoms with Crippen LogP contribution >= 0.6 is 11.6 Å². The van der Waals surface area contributed by atoms with Crippen LogP contribution in [0, 0.1) is 0 Å². The molecule has 1 aliphatic carbocycles. The number of fused-ring (bicyclic) bond motifs is 1. The molecule has 0 spiro atoms. The average Bonchev–Trinajstić information content (AvgIpc) is 2.68. The van der Waals surface area contributed by atoms with E-state index in [1.165, 1.54) is 0 Å². The van der Waals surface area contributed by atoms with Crippen LogP contribution in [0.2, 0.25) is 5.02 Å². The lowest BCUT2D eigenvalue weighted by Gasteiger charge is -2.06. The molecule has 1 aliphatic rings. The van der Waals surface area contributed by atoms with Gasteiger partial charge in [-0.1, -0.05) is 48.0 Å². The van der Waals surface area contributed by atoms with Crippen LogP contribution in [0.3, 0.4) is 0 Å². The van der Waals surface area contributed by atoms with E-state index in [1.807, 2.05) is 54.6 Å². The zero-order valence-electron chi connectivity index (χ0n) is 9.10. The molecular weight excluding hydrogens is 232 g/mol. The molecule has 0 bridgehead atoms. The maximum Gasteiger partial charge on any atom is 0.0987 e. The Labute approximate surface area is 105 Å². The number of halogens is 1. The minimum atomic E-state index is -0.557. The maximum atomic E-state index is 10.0. The summed E-state index contributed by atoms with van der Waals surface area (Å²) in [5.74, 6) is 0. The standard InChI is InChI=1S/C15H11ClO/c16-11-6-7-12-13(9-15(17)14(12)8-11)10-4-2-1-3-5-10/h1-9,15,17H/t15-/m1/s1. The van der Waals surface area contributed by atoms with Crippen LogP contribution in [0.25, 0.3) is 5.57 Å². The van der Waals surface area contributed by atoms with Gasteiger partial charge in [-0.15, -0.1) is 0 Å². The molecule has 0 heterocycles. The molecule has 0 aromatic heterocycles. The highest BCUT2D eigenvalue weighted by Gasteiger charge is 2.22. The van der Waals surface area contributed by atoms with Crippen molar-refractivity contribution in [3.05, 3.63) is 76.3 Å². The van der Waals surface area contributed by atoms with E-state index in [0.717, 1.165) is 22.3 Å². The van der Waals surface area contributed by atoms with Gasteiger partial charge in [0.15, 0.2) is 0 Å². The number of aliphatic hydroxyl groups excluding tert-OH is 1. The second kappa shape index (κ2) is 4.02. The molecule has 1 nitrogen and oxygen atoms in total. The van der Waals surface area contributed by atoms with Gasteiger partial charge in [0, 0.05) is 5.02 Å². The number of hydrogen-bond acceptors (Lipinski definition) is 1. The first-order valence-electron chi connectivity index (χ1n) is 5.51. The molecule has 0 unspecified atom stereocenters. The van der Waals surface area contributed by atoms with E-state index in [9.17, 15) is 5.11 Å². The van der Waals surface area contributed by atoms with E-state index in [-0.39, 0.29) is 0 Å². The summed E-state index contributed by atoms with van der Waals surface area (Å²) >= 11 is 5.95. The van der Waals surface area contributed by atoms with Gasteiger partial charge in [-0.3, -0.25) is 0 Å². The fourth-order valence-corrected chi connectivity index (χ4v) is 2.41. The van der Waals surface area contributed by atoms with Crippen molar-refractivity contribution < 1.29 is 5.11 Å². The Balaban J connectivity index is 2.15. The van der Waals surface area contributed by atoms with E-state index >= 15 is 0 Å². The summed E-state index contributed by atoms with van der Waals surface area (Å²) in [6.07, 6.45) is 1.31. The smallest absolute Gasteiger partial charge is 0.0987 e. The molecule has 0 fully saturated rings. The lowest BCUT2D eigenvalue weighted by atomic mass is 9.99. The Kier molecular flexibility index (Phi) is 2.50. The zero-order valence-corrected chi connectivity index (χ0v) is 9.85. The fourth-order valence-electron chi connectivity index (χ4n) is 2.23. The van der Waals surface area contributed by atoms with Crippen molar-refractivity contribution in [1.29, 1.82) is 0 Å². The summed E-state index contributed by atoms with van der Waals surface area (Å²) in [5.41, 5.74) is 4.14. The zero-order chi connectivity index (χ0) is 11.8. The van der Waals surface area contributed by atoms with Crippen molar-refractivity contribution in [3.8, 4) is 0 Å². The molecule has 84 valence electrons. The van der Waals surface area contributed by atoms with Crippen molar-refractivity contribution >= 4 is 17.2 Å². The summed E-state index contributed by atoms with van der Waals surface area (Å²) in [6.45, 7) is 0. The topological polar surface area (TPSA) is 20.2 Å². The summed E-state index contributed by atoms with van der Waals surface area (Å²) in [6, 6.07) is 15.7. The summed E-state index contributed by atoms with van der Waals surface area (Å²) in [4.78, 5) is 0. The average molecular weight is 243 g/mol. The van der Waals surface area contributed by atoms with Gasteiger partial charge in [0.25, 0.3) is 0 Å². The molecule has 2 aromatic carbocycles. The summed E-state index contributed by atoms with van der Waals surface area (Å²) in [5, 5.41) is 10.7. The van der Waals surface area contributed by atoms with Crippen LogP contribution in [-0.4, -0.2) is 5.11 Å². The Morgan fingerprint density at radius 2 is 1.76 bits per heavy atom. The summed E-state index contributed by atoms with van der Waals surface area (Å²) in [7, 11) is 0. The molecule has 0 radical (unpaired) electrons. The third-order valence-corrected chi connectivity index (χ3v) is 3.27. The van der Waals surface area contributed by atoms with Gasteiger partial charge in [0.1, 0.15) is 0 Å².